The average molecular weight is 408 g/mol. The molecule has 1 aliphatic rings. The van der Waals surface area contributed by atoms with Crippen molar-refractivity contribution >= 4 is 23.1 Å². The lowest BCUT2D eigenvalue weighted by Crippen LogP contribution is -2.31. The quantitative estimate of drug-likeness (QED) is 0.741. The molecule has 0 spiro atoms. The summed E-state index contributed by atoms with van der Waals surface area (Å²) in [7, 11) is 3.87. The minimum absolute atomic E-state index is 0.135. The summed E-state index contributed by atoms with van der Waals surface area (Å²) in [5.74, 6) is -0.944. The summed E-state index contributed by atoms with van der Waals surface area (Å²) >= 11 is 0. The number of ether oxygens (including phenoxy) is 1. The van der Waals surface area contributed by atoms with E-state index in [1.807, 2.05) is 74.4 Å². The number of ketones is 1. The van der Waals surface area contributed by atoms with Gasteiger partial charge in [0.15, 0.2) is 11.5 Å². The zero-order valence-corrected chi connectivity index (χ0v) is 18.0. The van der Waals surface area contributed by atoms with Gasteiger partial charge in [-0.2, -0.15) is 0 Å². The maximum atomic E-state index is 13.0. The lowest BCUT2D eigenvalue weighted by molar-refractivity contribution is -0.119. The number of benzene rings is 2. The van der Waals surface area contributed by atoms with E-state index in [4.69, 9.17) is 4.74 Å². The fourth-order valence-electron chi connectivity index (χ4n) is 3.57. The molecule has 1 heterocycles. The van der Waals surface area contributed by atoms with Gasteiger partial charge in [0.05, 0.1) is 18.2 Å². The summed E-state index contributed by atoms with van der Waals surface area (Å²) < 4.78 is 5.51. The van der Waals surface area contributed by atoms with Crippen molar-refractivity contribution in [2.24, 2.45) is 5.92 Å². The van der Waals surface area contributed by atoms with Crippen LogP contribution in [0.25, 0.3) is 0 Å². The Morgan fingerprint density at radius 1 is 1.10 bits per heavy atom. The topological polar surface area (TPSA) is 70.1 Å². The molecule has 1 aliphatic heterocycles. The van der Waals surface area contributed by atoms with Gasteiger partial charge in [-0.05, 0) is 48.9 Å². The molecular weight excluding hydrogens is 380 g/mol. The fraction of sp³-hybridized carbons (Fsp3) is 0.333. The second-order valence-electron chi connectivity index (χ2n) is 7.77. The molecule has 0 fully saturated rings. The zero-order valence-electron chi connectivity index (χ0n) is 18.0. The van der Waals surface area contributed by atoms with Crippen molar-refractivity contribution in [1.82, 2.24) is 0 Å². The molecule has 3 rings (SSSR count). The Kier molecular flexibility index (Phi) is 6.15. The number of hydrogen-bond donors (Lipinski definition) is 1. The van der Waals surface area contributed by atoms with E-state index in [0.717, 1.165) is 11.3 Å². The van der Waals surface area contributed by atoms with Crippen LogP contribution in [-0.4, -0.2) is 37.5 Å². The van der Waals surface area contributed by atoms with Gasteiger partial charge in [0, 0.05) is 31.4 Å². The second-order valence-corrected chi connectivity index (χ2v) is 7.77. The highest BCUT2D eigenvalue weighted by molar-refractivity contribution is 6.16. The number of carbonyl (C=O) groups is 2. The summed E-state index contributed by atoms with van der Waals surface area (Å²) in [5.41, 5.74) is 2.47. The van der Waals surface area contributed by atoms with Gasteiger partial charge >= 0.3 is 0 Å². The number of aliphatic hydroxyl groups excluding tert-OH is 1. The van der Waals surface area contributed by atoms with Gasteiger partial charge in [-0.3, -0.25) is 14.5 Å². The summed E-state index contributed by atoms with van der Waals surface area (Å²) in [6.45, 7) is 5.97. The van der Waals surface area contributed by atoms with Crippen molar-refractivity contribution < 1.29 is 19.4 Å². The van der Waals surface area contributed by atoms with Crippen LogP contribution in [0.2, 0.25) is 0 Å². The molecular formula is C24H28N2O4. The summed E-state index contributed by atoms with van der Waals surface area (Å²) in [6.07, 6.45) is 0. The van der Waals surface area contributed by atoms with Crippen LogP contribution in [0.3, 0.4) is 0 Å². The van der Waals surface area contributed by atoms with Gasteiger partial charge < -0.3 is 14.7 Å². The van der Waals surface area contributed by atoms with E-state index < -0.39 is 17.7 Å². The normalized spacial score (nSPS) is 16.4. The molecule has 30 heavy (non-hydrogen) atoms. The standard InChI is InChI=1S/C24H28N2O4/c1-6-30-19-13-7-16(8-14-19)21-20(22(27)15(2)3)23(28)24(29)26(21)18-11-9-17(10-12-18)25(4)5/h7-15,21,28H,6H2,1-5H3. The van der Waals surface area contributed by atoms with Gasteiger partial charge in [0.1, 0.15) is 5.75 Å². The smallest absolute Gasteiger partial charge is 0.294 e. The number of nitrogens with zero attached hydrogens (tertiary/aromatic N) is 2. The maximum absolute atomic E-state index is 13.0. The fourth-order valence-corrected chi connectivity index (χ4v) is 3.57. The third-order valence-electron chi connectivity index (χ3n) is 5.15. The van der Waals surface area contributed by atoms with Gasteiger partial charge in [-0.1, -0.05) is 26.0 Å². The summed E-state index contributed by atoms with van der Waals surface area (Å²) in [4.78, 5) is 29.4. The van der Waals surface area contributed by atoms with Crippen LogP contribution in [0.4, 0.5) is 11.4 Å². The van der Waals surface area contributed by atoms with Crippen molar-refractivity contribution in [3.05, 3.63) is 65.4 Å². The van der Waals surface area contributed by atoms with Gasteiger partial charge in [-0.15, -0.1) is 0 Å². The first-order valence-corrected chi connectivity index (χ1v) is 10.1. The third kappa shape index (κ3) is 3.90. The molecule has 0 aliphatic carbocycles. The van der Waals surface area contributed by atoms with Crippen LogP contribution in [0.15, 0.2) is 59.9 Å². The molecule has 6 nitrogen and oxygen atoms in total. The van der Waals surface area contributed by atoms with E-state index >= 15 is 0 Å². The predicted octanol–water partition coefficient (Wildman–Crippen LogP) is 4.28. The van der Waals surface area contributed by atoms with Crippen LogP contribution in [0, 0.1) is 5.92 Å². The molecule has 1 atom stereocenters. The molecule has 6 heteroatoms. The SMILES string of the molecule is CCOc1ccc(C2C(C(=O)C(C)C)=C(O)C(=O)N2c2ccc(N(C)C)cc2)cc1. The minimum Gasteiger partial charge on any atom is -0.503 e. The Labute approximate surface area is 177 Å². The Balaban J connectivity index is 2.10. The average Bonchev–Trinajstić information content (AvgIpc) is 2.99. The number of Topliss-reactive ketones (excluding diaryl/α,β-unsaturated/α-hetero) is 1. The molecule has 158 valence electrons. The largest absolute Gasteiger partial charge is 0.503 e. The van der Waals surface area contributed by atoms with Crippen LogP contribution in [-0.2, 0) is 9.59 Å². The number of anilines is 2. The summed E-state index contributed by atoms with van der Waals surface area (Å²) in [5, 5.41) is 10.7. The molecule has 0 aromatic heterocycles. The molecule has 1 unspecified atom stereocenters. The first kappa shape index (κ1) is 21.4. The third-order valence-corrected chi connectivity index (χ3v) is 5.15. The Hall–Kier alpha value is -3.28. The predicted molar refractivity (Wildman–Crippen MR) is 118 cm³/mol. The van der Waals surface area contributed by atoms with Crippen LogP contribution < -0.4 is 14.5 Å². The molecule has 2 aromatic rings. The van der Waals surface area contributed by atoms with Gasteiger partial charge in [0.25, 0.3) is 5.91 Å². The first-order valence-electron chi connectivity index (χ1n) is 10.1. The van der Waals surface area contributed by atoms with E-state index in [-0.39, 0.29) is 17.3 Å². The van der Waals surface area contributed by atoms with Crippen LogP contribution >= 0.6 is 0 Å². The monoisotopic (exact) mass is 408 g/mol. The molecule has 1 amide bonds. The molecule has 0 saturated carbocycles. The highest BCUT2D eigenvalue weighted by Gasteiger charge is 2.44. The van der Waals surface area contributed by atoms with Gasteiger partial charge in [-0.25, -0.2) is 0 Å². The Morgan fingerprint density at radius 3 is 2.20 bits per heavy atom. The van der Waals surface area contributed by atoms with E-state index in [2.05, 4.69) is 0 Å². The van der Waals surface area contributed by atoms with Crippen molar-refractivity contribution in [2.75, 3.05) is 30.5 Å². The molecule has 2 aromatic carbocycles. The molecule has 1 N–H and O–H groups in total. The lowest BCUT2D eigenvalue weighted by Gasteiger charge is -2.28. The van der Waals surface area contributed by atoms with Crippen molar-refractivity contribution in [3.63, 3.8) is 0 Å². The number of carbonyl (C=O) groups excluding carboxylic acids is 2. The number of hydrogen-bond acceptors (Lipinski definition) is 5. The molecule has 0 saturated heterocycles. The lowest BCUT2D eigenvalue weighted by atomic mass is 9.91. The van der Waals surface area contributed by atoms with E-state index in [1.54, 1.807) is 13.8 Å². The van der Waals surface area contributed by atoms with E-state index in [0.29, 0.717) is 18.0 Å². The number of amides is 1. The highest BCUT2D eigenvalue weighted by Crippen LogP contribution is 2.42. The van der Waals surface area contributed by atoms with E-state index in [1.165, 1.54) is 4.90 Å². The van der Waals surface area contributed by atoms with Crippen LogP contribution in [0.5, 0.6) is 5.75 Å². The molecule has 0 radical (unpaired) electrons. The first-order chi connectivity index (χ1) is 14.3. The van der Waals surface area contributed by atoms with Crippen molar-refractivity contribution in [3.8, 4) is 5.75 Å². The van der Waals surface area contributed by atoms with E-state index in [9.17, 15) is 14.7 Å². The number of rotatable bonds is 7. The molecule has 0 bridgehead atoms. The Bertz CT molecular complexity index is 960. The van der Waals surface area contributed by atoms with Crippen LogP contribution in [0.1, 0.15) is 32.4 Å². The van der Waals surface area contributed by atoms with Gasteiger partial charge in [0.2, 0.25) is 0 Å². The van der Waals surface area contributed by atoms with Crippen molar-refractivity contribution in [1.29, 1.82) is 0 Å². The Morgan fingerprint density at radius 2 is 1.70 bits per heavy atom. The number of aliphatic hydroxyl groups is 1. The maximum Gasteiger partial charge on any atom is 0.294 e. The minimum atomic E-state index is -0.701. The van der Waals surface area contributed by atoms with Crippen molar-refractivity contribution in [2.45, 2.75) is 26.8 Å². The highest BCUT2D eigenvalue weighted by atomic mass is 16.5. The second kappa shape index (κ2) is 8.61. The zero-order chi connectivity index (χ0) is 22.0. The summed E-state index contributed by atoms with van der Waals surface area (Å²) in [6, 6.07) is 14.0.